The van der Waals surface area contributed by atoms with E-state index in [-0.39, 0.29) is 22.5 Å². The van der Waals surface area contributed by atoms with Crippen molar-refractivity contribution in [3.63, 3.8) is 0 Å². The first kappa shape index (κ1) is 26.5. The highest BCUT2D eigenvalue weighted by molar-refractivity contribution is 5.78. The van der Waals surface area contributed by atoms with Gasteiger partial charge in [-0.15, -0.1) is 20.4 Å². The molecule has 1 aromatic heterocycles. The second kappa shape index (κ2) is 11.9. The predicted molar refractivity (Wildman–Crippen MR) is 127 cm³/mol. The van der Waals surface area contributed by atoms with Gasteiger partial charge in [-0.3, -0.25) is 4.79 Å². The van der Waals surface area contributed by atoms with Crippen molar-refractivity contribution in [3.8, 4) is 11.4 Å². The molecule has 0 bridgehead atoms. The fraction of sp³-hybridized carbons (Fsp3) is 0.600. The number of carbonyl (C=O) groups excluding carboxylic acids is 2. The van der Waals surface area contributed by atoms with Gasteiger partial charge in [-0.05, 0) is 37.7 Å². The van der Waals surface area contributed by atoms with Crippen molar-refractivity contribution in [2.75, 3.05) is 19.8 Å². The Labute approximate surface area is 196 Å². The number of nitrogens with one attached hydrogen (secondary N) is 1. The van der Waals surface area contributed by atoms with E-state index in [9.17, 15) is 9.59 Å². The fourth-order valence-corrected chi connectivity index (χ4v) is 3.72. The molecule has 180 valence electrons. The van der Waals surface area contributed by atoms with E-state index in [1.54, 1.807) is 13.8 Å². The van der Waals surface area contributed by atoms with E-state index in [0.29, 0.717) is 44.2 Å². The van der Waals surface area contributed by atoms with Crippen molar-refractivity contribution < 1.29 is 14.3 Å². The molecule has 0 saturated heterocycles. The lowest BCUT2D eigenvalue weighted by molar-refractivity contribution is -0.122. The summed E-state index contributed by atoms with van der Waals surface area (Å²) < 4.78 is 6.03. The summed E-state index contributed by atoms with van der Waals surface area (Å²) in [6.07, 6.45) is 2.58. The first-order valence-corrected chi connectivity index (χ1v) is 11.6. The zero-order chi connectivity index (χ0) is 24.5. The van der Waals surface area contributed by atoms with Gasteiger partial charge in [0, 0.05) is 23.9 Å². The molecule has 33 heavy (non-hydrogen) atoms. The molecule has 0 saturated carbocycles. The number of aromatic nitrogens is 4. The lowest BCUT2D eigenvalue weighted by Crippen LogP contribution is -2.41. The molecule has 0 spiro atoms. The molecule has 1 aromatic carbocycles. The summed E-state index contributed by atoms with van der Waals surface area (Å²) in [5.41, 5.74) is 1.39. The van der Waals surface area contributed by atoms with Gasteiger partial charge in [0.15, 0.2) is 5.82 Å². The van der Waals surface area contributed by atoms with Crippen LogP contribution in [0.4, 0.5) is 0 Å². The lowest BCUT2D eigenvalue weighted by Gasteiger charge is -2.33. The maximum atomic E-state index is 12.6. The maximum absolute atomic E-state index is 12.6. The summed E-state index contributed by atoms with van der Waals surface area (Å²) in [5, 5.41) is 19.0. The Kier molecular flexibility index (Phi) is 9.58. The van der Waals surface area contributed by atoms with Crippen molar-refractivity contribution in [2.24, 2.45) is 10.8 Å². The minimum atomic E-state index is -0.190. The van der Waals surface area contributed by atoms with Crippen LogP contribution >= 0.6 is 0 Å². The van der Waals surface area contributed by atoms with Crippen LogP contribution in [-0.2, 0) is 20.7 Å². The summed E-state index contributed by atoms with van der Waals surface area (Å²) in [5.74, 6) is 1.12. The molecule has 0 fully saturated rings. The van der Waals surface area contributed by atoms with E-state index < -0.39 is 0 Å². The zero-order valence-electron chi connectivity index (χ0n) is 20.8. The smallest absolute Gasteiger partial charge is 0.224 e. The molecule has 2 aromatic rings. The highest BCUT2D eigenvalue weighted by Crippen LogP contribution is 2.28. The molecule has 2 rings (SSSR count). The van der Waals surface area contributed by atoms with Crippen LogP contribution in [0, 0.1) is 17.8 Å². The van der Waals surface area contributed by atoms with Crippen molar-refractivity contribution in [1.82, 2.24) is 25.7 Å². The Morgan fingerprint density at radius 2 is 1.58 bits per heavy atom. The topological polar surface area (TPSA) is 107 Å². The molecular weight excluding hydrogens is 418 g/mol. The van der Waals surface area contributed by atoms with Gasteiger partial charge in [0.1, 0.15) is 5.78 Å². The van der Waals surface area contributed by atoms with Crippen molar-refractivity contribution in [1.29, 1.82) is 0 Å². The second-order valence-corrected chi connectivity index (χ2v) is 9.66. The number of ketones is 1. The fourth-order valence-electron chi connectivity index (χ4n) is 3.72. The van der Waals surface area contributed by atoms with Crippen molar-refractivity contribution >= 4 is 11.7 Å². The molecular formula is C25H37N5O3. The SMILES string of the molecule is CCC(CC)(CNC(=O)Cc1ccc(-c2nnc(C)nn2)cc1)COCC(C)(C)CC(C)=O. The van der Waals surface area contributed by atoms with Crippen molar-refractivity contribution in [3.05, 3.63) is 35.7 Å². The largest absolute Gasteiger partial charge is 0.380 e. The van der Waals surface area contributed by atoms with Gasteiger partial charge in [0.2, 0.25) is 11.7 Å². The van der Waals surface area contributed by atoms with E-state index in [4.69, 9.17) is 4.74 Å². The van der Waals surface area contributed by atoms with E-state index in [1.807, 2.05) is 38.1 Å². The van der Waals surface area contributed by atoms with Crippen LogP contribution < -0.4 is 5.32 Å². The van der Waals surface area contributed by atoms with Crippen LogP contribution in [0.15, 0.2) is 24.3 Å². The Morgan fingerprint density at radius 1 is 0.970 bits per heavy atom. The van der Waals surface area contributed by atoms with Crippen LogP contribution in [0.2, 0.25) is 0 Å². The Bertz CT molecular complexity index is 907. The summed E-state index contributed by atoms with van der Waals surface area (Å²) >= 11 is 0. The van der Waals surface area contributed by atoms with Gasteiger partial charge >= 0.3 is 0 Å². The summed E-state index contributed by atoms with van der Waals surface area (Å²) in [4.78, 5) is 24.1. The monoisotopic (exact) mass is 455 g/mol. The lowest BCUT2D eigenvalue weighted by atomic mass is 9.82. The number of hydrogen-bond donors (Lipinski definition) is 1. The first-order chi connectivity index (χ1) is 15.6. The summed E-state index contributed by atoms with van der Waals surface area (Å²) in [6.45, 7) is 13.3. The van der Waals surface area contributed by atoms with Crippen LogP contribution in [0.25, 0.3) is 11.4 Å². The number of Topliss-reactive ketones (excluding diaryl/α,β-unsaturated/α-hetero) is 1. The van der Waals surface area contributed by atoms with E-state index in [1.165, 1.54) is 0 Å². The molecule has 0 radical (unpaired) electrons. The van der Waals surface area contributed by atoms with Crippen LogP contribution in [-0.4, -0.2) is 51.8 Å². The number of aryl methyl sites for hydroxylation is 1. The van der Waals surface area contributed by atoms with Gasteiger partial charge in [0.25, 0.3) is 0 Å². The number of carbonyl (C=O) groups is 2. The van der Waals surface area contributed by atoms with Gasteiger partial charge in [0.05, 0.1) is 19.6 Å². The first-order valence-electron chi connectivity index (χ1n) is 11.6. The van der Waals surface area contributed by atoms with Crippen molar-refractivity contribution in [2.45, 2.75) is 67.2 Å². The van der Waals surface area contributed by atoms with E-state index in [0.717, 1.165) is 24.0 Å². The highest BCUT2D eigenvalue weighted by atomic mass is 16.5. The van der Waals surface area contributed by atoms with Crippen LogP contribution in [0.1, 0.15) is 65.3 Å². The minimum Gasteiger partial charge on any atom is -0.380 e. The van der Waals surface area contributed by atoms with E-state index in [2.05, 4.69) is 39.6 Å². The number of ether oxygens (including phenoxy) is 1. The third kappa shape index (κ3) is 8.61. The number of rotatable bonds is 13. The second-order valence-electron chi connectivity index (χ2n) is 9.66. The average molecular weight is 456 g/mol. The zero-order valence-corrected chi connectivity index (χ0v) is 20.8. The highest BCUT2D eigenvalue weighted by Gasteiger charge is 2.29. The summed E-state index contributed by atoms with van der Waals surface area (Å²) in [6, 6.07) is 7.53. The van der Waals surface area contributed by atoms with Gasteiger partial charge in [-0.2, -0.15) is 0 Å². The third-order valence-corrected chi connectivity index (χ3v) is 5.94. The Balaban J connectivity index is 1.88. The van der Waals surface area contributed by atoms with Gasteiger partial charge in [-0.1, -0.05) is 52.0 Å². The Hall–Kier alpha value is -2.74. The molecule has 0 atom stereocenters. The quantitative estimate of drug-likeness (QED) is 0.490. The number of benzene rings is 1. The Morgan fingerprint density at radius 3 is 2.12 bits per heavy atom. The molecule has 0 unspecified atom stereocenters. The van der Waals surface area contributed by atoms with Crippen LogP contribution in [0.5, 0.6) is 0 Å². The number of hydrogen-bond acceptors (Lipinski definition) is 7. The van der Waals surface area contributed by atoms with Crippen LogP contribution in [0.3, 0.4) is 0 Å². The minimum absolute atomic E-state index is 0.0270. The molecule has 0 aliphatic rings. The summed E-state index contributed by atoms with van der Waals surface area (Å²) in [7, 11) is 0. The molecule has 0 aliphatic carbocycles. The molecule has 0 aliphatic heterocycles. The molecule has 8 heteroatoms. The maximum Gasteiger partial charge on any atom is 0.224 e. The molecule has 1 amide bonds. The van der Waals surface area contributed by atoms with Gasteiger partial charge in [-0.25, -0.2) is 0 Å². The number of nitrogens with zero attached hydrogens (tertiary/aromatic N) is 4. The van der Waals surface area contributed by atoms with Gasteiger partial charge < -0.3 is 14.8 Å². The third-order valence-electron chi connectivity index (χ3n) is 5.94. The molecule has 1 N–H and O–H groups in total. The predicted octanol–water partition coefficient (Wildman–Crippen LogP) is 3.73. The standard InChI is InChI=1S/C25H37N5O3/c1-7-25(8-2,17-33-16-24(5,6)14-18(3)31)15-26-22(32)13-20-9-11-21(12-10-20)23-29-27-19(4)28-30-23/h9-12H,7-8,13-17H2,1-6H3,(H,26,32). The molecule has 1 heterocycles. The van der Waals surface area contributed by atoms with E-state index >= 15 is 0 Å². The number of amides is 1. The normalized spacial score (nSPS) is 11.9. The average Bonchev–Trinajstić information content (AvgIpc) is 2.76. The molecule has 8 nitrogen and oxygen atoms in total.